The number of carbonyl (C=O) groups is 3. The lowest BCUT2D eigenvalue weighted by atomic mass is 10.0. The van der Waals surface area contributed by atoms with Crippen molar-refractivity contribution in [3.05, 3.63) is 109 Å². The van der Waals surface area contributed by atoms with Gasteiger partial charge in [-0.1, -0.05) is 258 Å². The fraction of sp³-hybridized carbons (Fsp3) is 0.700. The van der Waals surface area contributed by atoms with Gasteiger partial charge < -0.3 is 28.5 Å². The van der Waals surface area contributed by atoms with E-state index in [9.17, 15) is 19.5 Å². The number of esters is 2. The Kier molecular flexibility index (Phi) is 57.0. The lowest BCUT2D eigenvalue weighted by Gasteiger charge is -2.25. The van der Waals surface area contributed by atoms with Gasteiger partial charge in [-0.05, 0) is 96.3 Å². The number of quaternary nitrogens is 1. The Morgan fingerprint density at radius 3 is 1.03 bits per heavy atom. The number of aliphatic carboxylic acids is 1. The average Bonchev–Trinajstić information content (AvgIpc) is 3.42. The van der Waals surface area contributed by atoms with Crippen molar-refractivity contribution in [1.82, 2.24) is 0 Å². The molecule has 0 spiro atoms. The van der Waals surface area contributed by atoms with Crippen LogP contribution < -0.4 is 0 Å². The molecule has 79 heavy (non-hydrogen) atoms. The topological polar surface area (TPSA) is 108 Å². The zero-order valence-electron chi connectivity index (χ0n) is 51.5. The number of unbranched alkanes of at least 4 members (excludes halogenated alkanes) is 25. The number of nitrogens with zero attached hydrogens (tertiary/aromatic N) is 1. The molecule has 0 aromatic carbocycles. The fourth-order valence-electron chi connectivity index (χ4n) is 8.68. The summed E-state index contributed by atoms with van der Waals surface area (Å²) in [7, 11) is 5.96. The van der Waals surface area contributed by atoms with Crippen LogP contribution in [0.1, 0.15) is 258 Å². The van der Waals surface area contributed by atoms with Gasteiger partial charge in [0.1, 0.15) is 13.2 Å². The van der Waals surface area contributed by atoms with Gasteiger partial charge in [0.2, 0.25) is 0 Å². The Morgan fingerprint density at radius 1 is 0.380 bits per heavy atom. The molecule has 452 valence electrons. The molecule has 0 fully saturated rings. The molecule has 0 rings (SSSR count). The summed E-state index contributed by atoms with van der Waals surface area (Å²) in [4.78, 5) is 37.5. The van der Waals surface area contributed by atoms with Crippen LogP contribution in [0.4, 0.5) is 0 Å². The predicted octanol–water partition coefficient (Wildman–Crippen LogP) is 19.5. The first-order chi connectivity index (χ1) is 38.6. The fourth-order valence-corrected chi connectivity index (χ4v) is 8.68. The first kappa shape index (κ1) is 75.0. The Bertz CT molecular complexity index is 1660. The summed E-state index contributed by atoms with van der Waals surface area (Å²) in [5.41, 5.74) is 0. The van der Waals surface area contributed by atoms with Gasteiger partial charge in [0.25, 0.3) is 6.29 Å². The molecule has 0 aromatic heterocycles. The molecule has 9 nitrogen and oxygen atoms in total. The molecule has 1 N–H and O–H groups in total. The highest BCUT2D eigenvalue weighted by Gasteiger charge is 2.25. The van der Waals surface area contributed by atoms with E-state index in [1.807, 2.05) is 21.1 Å². The molecule has 0 saturated carbocycles. The first-order valence-electron chi connectivity index (χ1n) is 32.1. The standard InChI is InChI=1S/C70H119NO8/c1-6-8-10-12-14-16-18-20-22-24-26-27-28-29-30-31-32-33-34-35-36-37-38-39-40-41-43-44-46-48-50-52-54-56-58-60-67(72)77-64-66(65-78-70(69(74)75)76-63-62-71(3,4)5)79-68(73)61-59-57-55-53-51-49-47-45-42-25-23-21-19-17-15-13-11-9-7-2/h8-11,14-17,20-23,26-27,42,45,49,51,66,70H,6-7,12-13,18-19,24-25,28-41,43-44,46-48,50,52-65H2,1-5H3/p+1/b10-8-,11-9-,16-14-,17-15-,22-20-,23-21-,27-26-,45-42-,51-49-. The highest BCUT2D eigenvalue weighted by Crippen LogP contribution is 2.17. The summed E-state index contributed by atoms with van der Waals surface area (Å²) in [6, 6.07) is 0. The van der Waals surface area contributed by atoms with E-state index in [1.165, 1.54) is 128 Å². The van der Waals surface area contributed by atoms with Crippen molar-refractivity contribution in [2.24, 2.45) is 0 Å². The molecular formula is C70H120NO8+. The van der Waals surface area contributed by atoms with Crippen LogP contribution in [0, 0.1) is 0 Å². The van der Waals surface area contributed by atoms with Crippen LogP contribution in [0.3, 0.4) is 0 Å². The average molecular weight is 1100 g/mol. The number of hydrogen-bond acceptors (Lipinski definition) is 7. The summed E-state index contributed by atoms with van der Waals surface area (Å²) in [5.74, 6) is -2.05. The zero-order chi connectivity index (χ0) is 57.6. The third kappa shape index (κ3) is 61.4. The number of rotatable bonds is 58. The molecule has 0 saturated heterocycles. The van der Waals surface area contributed by atoms with Crippen molar-refractivity contribution < 1.29 is 42.9 Å². The Morgan fingerprint density at radius 2 is 0.684 bits per heavy atom. The Balaban J connectivity index is 4.10. The number of likely N-dealkylation sites (N-methyl/N-ethyl adjacent to an activating group) is 1. The summed E-state index contributed by atoms with van der Waals surface area (Å²) >= 11 is 0. The summed E-state index contributed by atoms with van der Waals surface area (Å²) in [6.07, 6.45) is 80.6. The van der Waals surface area contributed by atoms with Crippen molar-refractivity contribution >= 4 is 17.9 Å². The zero-order valence-corrected chi connectivity index (χ0v) is 51.5. The smallest absolute Gasteiger partial charge is 0.361 e. The normalized spacial score (nSPS) is 13.5. The van der Waals surface area contributed by atoms with E-state index in [1.54, 1.807) is 0 Å². The summed E-state index contributed by atoms with van der Waals surface area (Å²) < 4.78 is 22.9. The molecule has 2 unspecified atom stereocenters. The number of allylic oxidation sites excluding steroid dienone is 18. The van der Waals surface area contributed by atoms with Crippen LogP contribution in [0.25, 0.3) is 0 Å². The van der Waals surface area contributed by atoms with Crippen molar-refractivity contribution in [1.29, 1.82) is 0 Å². The minimum Gasteiger partial charge on any atom is -0.477 e. The number of carboxylic acids is 1. The van der Waals surface area contributed by atoms with E-state index in [0.29, 0.717) is 23.9 Å². The lowest BCUT2D eigenvalue weighted by Crippen LogP contribution is -2.40. The van der Waals surface area contributed by atoms with Gasteiger partial charge in [-0.25, -0.2) is 4.79 Å². The van der Waals surface area contributed by atoms with E-state index >= 15 is 0 Å². The minimum atomic E-state index is -1.52. The SMILES string of the molecule is CC/C=C\C/C=C\C/C=C\C/C=C\C/C=C\CCCCCC(=O)OC(COC(=O)CCCCCCCCCCCCCCCCCCCCCCCC/C=C\C/C=C\C/C=C\C/C=C\CC)COC(OCC[N+](C)(C)C)C(=O)O. The molecule has 0 aliphatic heterocycles. The number of carbonyl (C=O) groups excluding carboxylic acids is 2. The van der Waals surface area contributed by atoms with Gasteiger partial charge >= 0.3 is 17.9 Å². The van der Waals surface area contributed by atoms with Gasteiger partial charge in [0.05, 0.1) is 34.4 Å². The summed E-state index contributed by atoms with van der Waals surface area (Å²) in [5, 5.41) is 9.71. The second-order valence-electron chi connectivity index (χ2n) is 22.3. The van der Waals surface area contributed by atoms with Crippen LogP contribution in [-0.4, -0.2) is 87.4 Å². The maximum Gasteiger partial charge on any atom is 0.361 e. The van der Waals surface area contributed by atoms with E-state index in [-0.39, 0.29) is 32.2 Å². The maximum absolute atomic E-state index is 12.9. The van der Waals surface area contributed by atoms with Crippen molar-refractivity contribution in [2.75, 3.05) is 47.5 Å². The lowest BCUT2D eigenvalue weighted by molar-refractivity contribution is -0.870. The molecule has 0 bridgehead atoms. The quantitative estimate of drug-likeness (QED) is 0.0211. The predicted molar refractivity (Wildman–Crippen MR) is 336 cm³/mol. The van der Waals surface area contributed by atoms with Crippen LogP contribution >= 0.6 is 0 Å². The van der Waals surface area contributed by atoms with Gasteiger partial charge in [-0.3, -0.25) is 9.59 Å². The molecule has 9 heteroatoms. The molecule has 0 heterocycles. The molecular weight excluding hydrogens is 983 g/mol. The number of carboxylic acid groups (broad SMARTS) is 1. The second-order valence-corrected chi connectivity index (χ2v) is 22.3. The first-order valence-corrected chi connectivity index (χ1v) is 32.1. The second kappa shape index (κ2) is 60.1. The number of hydrogen-bond donors (Lipinski definition) is 1. The molecule has 0 radical (unpaired) electrons. The molecule has 0 amide bonds. The number of ether oxygens (including phenoxy) is 4. The maximum atomic E-state index is 12.9. The van der Waals surface area contributed by atoms with Crippen LogP contribution in [-0.2, 0) is 33.3 Å². The van der Waals surface area contributed by atoms with Crippen molar-refractivity contribution in [3.8, 4) is 0 Å². The van der Waals surface area contributed by atoms with E-state index in [4.69, 9.17) is 18.9 Å². The van der Waals surface area contributed by atoms with Gasteiger partial charge in [0, 0.05) is 12.8 Å². The Hall–Kier alpha value is -4.05. The van der Waals surface area contributed by atoms with Crippen molar-refractivity contribution in [3.63, 3.8) is 0 Å². The largest absolute Gasteiger partial charge is 0.477 e. The van der Waals surface area contributed by atoms with Crippen LogP contribution in [0.5, 0.6) is 0 Å². The van der Waals surface area contributed by atoms with E-state index in [0.717, 1.165) is 96.3 Å². The molecule has 0 aromatic rings. The molecule has 0 aliphatic carbocycles. The van der Waals surface area contributed by atoms with Gasteiger partial charge in [-0.2, -0.15) is 0 Å². The third-order valence-corrected chi connectivity index (χ3v) is 13.5. The van der Waals surface area contributed by atoms with Crippen LogP contribution in [0.2, 0.25) is 0 Å². The summed E-state index contributed by atoms with van der Waals surface area (Å²) in [6.45, 7) is 4.62. The van der Waals surface area contributed by atoms with Gasteiger partial charge in [0.15, 0.2) is 6.10 Å². The van der Waals surface area contributed by atoms with Gasteiger partial charge in [-0.15, -0.1) is 0 Å². The van der Waals surface area contributed by atoms with E-state index < -0.39 is 24.3 Å². The van der Waals surface area contributed by atoms with Crippen molar-refractivity contribution in [2.45, 2.75) is 270 Å². The molecule has 0 aliphatic rings. The monoisotopic (exact) mass is 1100 g/mol. The highest BCUT2D eigenvalue weighted by molar-refractivity contribution is 5.71. The highest BCUT2D eigenvalue weighted by atomic mass is 16.7. The van der Waals surface area contributed by atoms with E-state index in [2.05, 4.69) is 123 Å². The van der Waals surface area contributed by atoms with Crippen LogP contribution in [0.15, 0.2) is 109 Å². The Labute approximate surface area is 485 Å². The minimum absolute atomic E-state index is 0.177. The molecule has 2 atom stereocenters. The third-order valence-electron chi connectivity index (χ3n) is 13.5.